The molecule has 2 rings (SSSR count). The summed E-state index contributed by atoms with van der Waals surface area (Å²) in [5, 5.41) is -0.449. The fourth-order valence-electron chi connectivity index (χ4n) is 2.04. The van der Waals surface area contributed by atoms with Gasteiger partial charge in [0.25, 0.3) is 0 Å². The van der Waals surface area contributed by atoms with Gasteiger partial charge in [-0.2, -0.15) is 0 Å². The van der Waals surface area contributed by atoms with Crippen LogP contribution in [0.1, 0.15) is 24.0 Å². The third-order valence-electron chi connectivity index (χ3n) is 3.33. The molecule has 0 N–H and O–H groups in total. The molecule has 0 spiro atoms. The Bertz CT molecular complexity index is 466. The second-order valence-corrected chi connectivity index (χ2v) is 6.29. The fourth-order valence-corrected chi connectivity index (χ4v) is 3.87. The lowest BCUT2D eigenvalue weighted by Gasteiger charge is -2.14. The molecule has 1 aromatic rings. The van der Waals surface area contributed by atoms with Crippen molar-refractivity contribution >= 4 is 16.8 Å². The van der Waals surface area contributed by atoms with Crippen molar-refractivity contribution in [2.75, 3.05) is 7.11 Å². The van der Waals surface area contributed by atoms with E-state index in [1.807, 2.05) is 31.2 Å². The van der Waals surface area contributed by atoms with Crippen molar-refractivity contribution in [3.8, 4) is 0 Å². The molecular weight excluding hydrogens is 248 g/mol. The molecule has 0 aromatic heterocycles. The third-order valence-corrected chi connectivity index (χ3v) is 5.07. The number of carbonyl (C=O) groups is 1. The summed E-state index contributed by atoms with van der Waals surface area (Å²) in [6.45, 7) is 2.00. The van der Waals surface area contributed by atoms with Crippen LogP contribution in [0.25, 0.3) is 0 Å². The lowest BCUT2D eigenvalue weighted by molar-refractivity contribution is -0.140. The smallest absolute Gasteiger partial charge is 0.321 e. The van der Waals surface area contributed by atoms with Gasteiger partial charge in [-0.05, 0) is 36.8 Å². The molecule has 2 unspecified atom stereocenters. The largest absolute Gasteiger partial charge is 0.468 e. The zero-order valence-corrected chi connectivity index (χ0v) is 11.5. The standard InChI is InChI=1S/C14H18O3S/c1-10-5-3-4-6-12(10)9-18(16)13(11-7-8-11)14(15)17-2/h3-6,11,13H,7-9H2,1-2H3. The van der Waals surface area contributed by atoms with Gasteiger partial charge in [0.15, 0.2) is 0 Å². The number of benzene rings is 1. The quantitative estimate of drug-likeness (QED) is 0.767. The summed E-state index contributed by atoms with van der Waals surface area (Å²) < 4.78 is 17.1. The Morgan fingerprint density at radius 1 is 1.44 bits per heavy atom. The van der Waals surface area contributed by atoms with Crippen LogP contribution >= 0.6 is 0 Å². The van der Waals surface area contributed by atoms with Gasteiger partial charge >= 0.3 is 5.97 Å². The maximum Gasteiger partial charge on any atom is 0.321 e. The van der Waals surface area contributed by atoms with Crippen molar-refractivity contribution in [3.05, 3.63) is 35.4 Å². The Morgan fingerprint density at radius 2 is 2.11 bits per heavy atom. The van der Waals surface area contributed by atoms with E-state index in [4.69, 9.17) is 4.74 Å². The summed E-state index contributed by atoms with van der Waals surface area (Å²) in [6, 6.07) is 7.86. The maximum atomic E-state index is 12.4. The first-order chi connectivity index (χ1) is 8.63. The van der Waals surface area contributed by atoms with E-state index in [0.29, 0.717) is 5.75 Å². The Balaban J connectivity index is 2.10. The highest BCUT2D eigenvalue weighted by Crippen LogP contribution is 2.36. The van der Waals surface area contributed by atoms with E-state index in [9.17, 15) is 9.00 Å². The van der Waals surface area contributed by atoms with Gasteiger partial charge in [-0.15, -0.1) is 0 Å². The van der Waals surface area contributed by atoms with Crippen molar-refractivity contribution in [2.24, 2.45) is 5.92 Å². The first-order valence-corrected chi connectivity index (χ1v) is 7.51. The minimum Gasteiger partial charge on any atom is -0.468 e. The molecule has 3 nitrogen and oxygen atoms in total. The van der Waals surface area contributed by atoms with E-state index in [0.717, 1.165) is 24.0 Å². The van der Waals surface area contributed by atoms with Crippen molar-refractivity contribution in [1.82, 2.24) is 0 Å². The van der Waals surface area contributed by atoms with E-state index in [1.165, 1.54) is 7.11 Å². The molecule has 2 atom stereocenters. The Labute approximate surface area is 110 Å². The van der Waals surface area contributed by atoms with Crippen molar-refractivity contribution < 1.29 is 13.7 Å². The van der Waals surface area contributed by atoms with Crippen LogP contribution in [0.3, 0.4) is 0 Å². The molecule has 4 heteroatoms. The molecule has 0 bridgehead atoms. The predicted molar refractivity (Wildman–Crippen MR) is 71.6 cm³/mol. The van der Waals surface area contributed by atoms with Crippen LogP contribution in [0.2, 0.25) is 0 Å². The van der Waals surface area contributed by atoms with E-state index < -0.39 is 16.0 Å². The van der Waals surface area contributed by atoms with Gasteiger partial charge < -0.3 is 4.74 Å². The van der Waals surface area contributed by atoms with Gasteiger partial charge in [-0.3, -0.25) is 9.00 Å². The Morgan fingerprint density at radius 3 is 2.67 bits per heavy atom. The summed E-state index contributed by atoms with van der Waals surface area (Å²) >= 11 is 0. The number of ether oxygens (including phenoxy) is 1. The molecule has 98 valence electrons. The second kappa shape index (κ2) is 5.65. The van der Waals surface area contributed by atoms with E-state index >= 15 is 0 Å². The van der Waals surface area contributed by atoms with E-state index in [1.54, 1.807) is 0 Å². The lowest BCUT2D eigenvalue weighted by atomic mass is 10.1. The highest BCUT2D eigenvalue weighted by atomic mass is 32.2. The molecule has 1 saturated carbocycles. The lowest BCUT2D eigenvalue weighted by Crippen LogP contribution is -2.30. The van der Waals surface area contributed by atoms with Crippen LogP contribution in [0.15, 0.2) is 24.3 Å². The number of esters is 1. The number of aryl methyl sites for hydroxylation is 1. The molecule has 18 heavy (non-hydrogen) atoms. The average molecular weight is 266 g/mol. The molecule has 1 aromatic carbocycles. The SMILES string of the molecule is COC(=O)C(C1CC1)S(=O)Cc1ccccc1C. The topological polar surface area (TPSA) is 43.4 Å². The van der Waals surface area contributed by atoms with Gasteiger partial charge in [-0.1, -0.05) is 24.3 Å². The van der Waals surface area contributed by atoms with Crippen molar-refractivity contribution in [3.63, 3.8) is 0 Å². The number of hydrogen-bond donors (Lipinski definition) is 0. The molecular formula is C14H18O3S. The summed E-state index contributed by atoms with van der Waals surface area (Å²) in [6.07, 6.45) is 1.97. The van der Waals surface area contributed by atoms with Crippen LogP contribution in [-0.4, -0.2) is 22.5 Å². The van der Waals surface area contributed by atoms with Crippen molar-refractivity contribution in [2.45, 2.75) is 30.8 Å². The van der Waals surface area contributed by atoms with Gasteiger partial charge in [0.2, 0.25) is 0 Å². The molecule has 0 heterocycles. The summed E-state index contributed by atoms with van der Waals surface area (Å²) in [7, 11) is 0.173. The van der Waals surface area contributed by atoms with Crippen LogP contribution < -0.4 is 0 Å². The van der Waals surface area contributed by atoms with Gasteiger partial charge in [0.1, 0.15) is 5.25 Å². The Hall–Kier alpha value is -1.16. The first kappa shape index (κ1) is 13.3. The number of hydrogen-bond acceptors (Lipinski definition) is 3. The molecule has 0 radical (unpaired) electrons. The molecule has 1 aliphatic carbocycles. The zero-order valence-electron chi connectivity index (χ0n) is 10.7. The summed E-state index contributed by atoms with van der Waals surface area (Å²) in [4.78, 5) is 11.7. The van der Waals surface area contributed by atoms with Gasteiger partial charge in [0.05, 0.1) is 7.11 Å². The monoisotopic (exact) mass is 266 g/mol. The third kappa shape index (κ3) is 2.99. The first-order valence-electron chi connectivity index (χ1n) is 6.13. The zero-order chi connectivity index (χ0) is 13.1. The molecule has 0 aliphatic heterocycles. The highest BCUT2D eigenvalue weighted by Gasteiger charge is 2.41. The van der Waals surface area contributed by atoms with Crippen LogP contribution in [0, 0.1) is 12.8 Å². The minimum absolute atomic E-state index is 0.252. The fraction of sp³-hybridized carbons (Fsp3) is 0.500. The molecule has 0 saturated heterocycles. The van der Waals surface area contributed by atoms with E-state index in [-0.39, 0.29) is 11.9 Å². The van der Waals surface area contributed by atoms with Crippen LogP contribution in [0.5, 0.6) is 0 Å². The van der Waals surface area contributed by atoms with Gasteiger partial charge in [0, 0.05) is 16.6 Å². The summed E-state index contributed by atoms with van der Waals surface area (Å²) in [5.41, 5.74) is 2.16. The normalized spacial score (nSPS) is 18.1. The van der Waals surface area contributed by atoms with Crippen LogP contribution in [-0.2, 0) is 26.1 Å². The number of methoxy groups -OCH3 is 1. The van der Waals surface area contributed by atoms with Crippen LogP contribution in [0.4, 0.5) is 0 Å². The molecule has 0 amide bonds. The number of carbonyl (C=O) groups excluding carboxylic acids is 1. The average Bonchev–Trinajstić information content (AvgIpc) is 3.16. The second-order valence-electron chi connectivity index (χ2n) is 4.73. The predicted octanol–water partition coefficient (Wildman–Crippen LogP) is 2.20. The summed E-state index contributed by atoms with van der Waals surface area (Å²) in [5.74, 6) is 0.356. The van der Waals surface area contributed by atoms with E-state index in [2.05, 4.69) is 0 Å². The van der Waals surface area contributed by atoms with Gasteiger partial charge in [-0.25, -0.2) is 0 Å². The number of rotatable bonds is 5. The molecule has 1 fully saturated rings. The minimum atomic E-state index is -1.19. The Kier molecular flexibility index (Phi) is 4.17. The molecule has 1 aliphatic rings. The highest BCUT2D eigenvalue weighted by molar-refractivity contribution is 7.85. The maximum absolute atomic E-state index is 12.4. The van der Waals surface area contributed by atoms with Crippen molar-refractivity contribution in [1.29, 1.82) is 0 Å².